The van der Waals surface area contributed by atoms with Crippen LogP contribution in [0.2, 0.25) is 0 Å². The van der Waals surface area contributed by atoms with Crippen molar-refractivity contribution in [3.8, 4) is 0 Å². The molecule has 0 atom stereocenters. The summed E-state index contributed by atoms with van der Waals surface area (Å²) >= 11 is 0. The highest BCUT2D eigenvalue weighted by atomic mass is 32.2. The molecule has 2 rings (SSSR count). The fourth-order valence-electron chi connectivity index (χ4n) is 1.53. The van der Waals surface area contributed by atoms with Crippen molar-refractivity contribution in [2.24, 2.45) is 0 Å². The molecule has 100 valence electrons. The summed E-state index contributed by atoms with van der Waals surface area (Å²) in [6.07, 6.45) is 4.35. The van der Waals surface area contributed by atoms with E-state index in [0.717, 1.165) is 6.26 Å². The largest absolute Gasteiger partial charge is 0.347 e. The molecule has 0 saturated carbocycles. The molecule has 6 nitrogen and oxygen atoms in total. The number of rotatable bonds is 4. The van der Waals surface area contributed by atoms with E-state index in [1.54, 1.807) is 18.5 Å². The first kappa shape index (κ1) is 13.3. The van der Waals surface area contributed by atoms with Crippen LogP contribution in [0.5, 0.6) is 0 Å². The second-order valence-corrected chi connectivity index (χ2v) is 6.03. The van der Waals surface area contributed by atoms with E-state index in [-0.39, 0.29) is 17.3 Å². The van der Waals surface area contributed by atoms with E-state index < -0.39 is 9.84 Å². The van der Waals surface area contributed by atoms with Gasteiger partial charge < -0.3 is 10.3 Å². The normalized spacial score (nSPS) is 11.2. The smallest absolute Gasteiger partial charge is 0.251 e. The first-order chi connectivity index (χ1) is 8.97. The average Bonchev–Trinajstić information content (AvgIpc) is 2.88. The lowest BCUT2D eigenvalue weighted by Crippen LogP contribution is -2.23. The van der Waals surface area contributed by atoms with Crippen molar-refractivity contribution in [1.82, 2.24) is 15.3 Å². The number of imidazole rings is 1. The molecule has 19 heavy (non-hydrogen) atoms. The number of aromatic amines is 1. The van der Waals surface area contributed by atoms with Gasteiger partial charge in [-0.3, -0.25) is 4.79 Å². The Bertz CT molecular complexity index is 678. The minimum Gasteiger partial charge on any atom is -0.347 e. The molecule has 0 radical (unpaired) electrons. The van der Waals surface area contributed by atoms with Crippen molar-refractivity contribution in [3.05, 3.63) is 48.0 Å². The second-order valence-electron chi connectivity index (χ2n) is 4.02. The van der Waals surface area contributed by atoms with E-state index in [0.29, 0.717) is 11.4 Å². The number of amides is 1. The van der Waals surface area contributed by atoms with Gasteiger partial charge in [0, 0.05) is 24.2 Å². The summed E-state index contributed by atoms with van der Waals surface area (Å²) in [5, 5.41) is 2.65. The number of carbonyl (C=O) groups excluding carboxylic acids is 1. The summed E-state index contributed by atoms with van der Waals surface area (Å²) in [4.78, 5) is 18.8. The fraction of sp³-hybridized carbons (Fsp3) is 0.167. The number of nitrogens with one attached hydrogen (secondary N) is 2. The van der Waals surface area contributed by atoms with E-state index in [1.165, 1.54) is 18.2 Å². The molecule has 1 aromatic heterocycles. The Labute approximate surface area is 110 Å². The van der Waals surface area contributed by atoms with Gasteiger partial charge in [0.25, 0.3) is 5.91 Å². The van der Waals surface area contributed by atoms with Crippen molar-refractivity contribution >= 4 is 15.7 Å². The molecular formula is C12H13N3O3S. The molecule has 2 aromatic rings. The van der Waals surface area contributed by atoms with Crippen molar-refractivity contribution in [1.29, 1.82) is 0 Å². The Balaban J connectivity index is 2.11. The highest BCUT2D eigenvalue weighted by Crippen LogP contribution is 2.11. The van der Waals surface area contributed by atoms with Gasteiger partial charge in [0.1, 0.15) is 5.82 Å². The number of hydrogen-bond donors (Lipinski definition) is 2. The van der Waals surface area contributed by atoms with Gasteiger partial charge in [-0.05, 0) is 18.2 Å². The van der Waals surface area contributed by atoms with Crippen LogP contribution >= 0.6 is 0 Å². The summed E-state index contributed by atoms with van der Waals surface area (Å²) < 4.78 is 22.8. The number of carbonyl (C=O) groups is 1. The molecular weight excluding hydrogens is 266 g/mol. The molecule has 0 fully saturated rings. The molecule has 7 heteroatoms. The minimum absolute atomic E-state index is 0.123. The Morgan fingerprint density at radius 3 is 2.84 bits per heavy atom. The van der Waals surface area contributed by atoms with E-state index in [4.69, 9.17) is 0 Å². The summed E-state index contributed by atoms with van der Waals surface area (Å²) in [7, 11) is -3.32. The van der Waals surface area contributed by atoms with E-state index >= 15 is 0 Å². The van der Waals surface area contributed by atoms with Crippen molar-refractivity contribution in [2.75, 3.05) is 6.26 Å². The summed E-state index contributed by atoms with van der Waals surface area (Å²) in [5.41, 5.74) is 0.300. The van der Waals surface area contributed by atoms with Gasteiger partial charge in [-0.1, -0.05) is 6.07 Å². The molecule has 0 bridgehead atoms. The van der Waals surface area contributed by atoms with E-state index in [9.17, 15) is 13.2 Å². The predicted octanol–water partition coefficient (Wildman–Crippen LogP) is 0.743. The Morgan fingerprint density at radius 2 is 2.21 bits per heavy atom. The molecule has 1 heterocycles. The maximum atomic E-state index is 11.9. The maximum Gasteiger partial charge on any atom is 0.251 e. The summed E-state index contributed by atoms with van der Waals surface area (Å²) in [5.74, 6) is 0.287. The lowest BCUT2D eigenvalue weighted by Gasteiger charge is -2.05. The molecule has 0 unspecified atom stereocenters. The molecule has 0 aliphatic rings. The number of hydrogen-bond acceptors (Lipinski definition) is 4. The summed E-state index contributed by atoms with van der Waals surface area (Å²) in [6, 6.07) is 5.91. The highest BCUT2D eigenvalue weighted by Gasteiger charge is 2.11. The Morgan fingerprint density at radius 1 is 1.42 bits per heavy atom. The quantitative estimate of drug-likeness (QED) is 0.863. The maximum absolute atomic E-state index is 11.9. The summed E-state index contributed by atoms with van der Waals surface area (Å²) in [6.45, 7) is 0.259. The van der Waals surface area contributed by atoms with Crippen LogP contribution in [-0.4, -0.2) is 30.5 Å². The molecule has 2 N–H and O–H groups in total. The number of benzene rings is 1. The minimum atomic E-state index is -3.32. The first-order valence-electron chi connectivity index (χ1n) is 5.53. The monoisotopic (exact) mass is 279 g/mol. The third-order valence-corrected chi connectivity index (χ3v) is 3.61. The first-order valence-corrected chi connectivity index (χ1v) is 7.42. The van der Waals surface area contributed by atoms with E-state index in [2.05, 4.69) is 15.3 Å². The number of nitrogens with zero attached hydrogens (tertiary/aromatic N) is 1. The molecule has 0 saturated heterocycles. The van der Waals surface area contributed by atoms with Crippen LogP contribution in [0.15, 0.2) is 41.6 Å². The van der Waals surface area contributed by atoms with Gasteiger partial charge in [-0.2, -0.15) is 0 Å². The lowest BCUT2D eigenvalue weighted by atomic mass is 10.2. The van der Waals surface area contributed by atoms with Crippen LogP contribution < -0.4 is 5.32 Å². The van der Waals surface area contributed by atoms with Gasteiger partial charge in [0.15, 0.2) is 9.84 Å². The van der Waals surface area contributed by atoms with Gasteiger partial charge in [-0.25, -0.2) is 13.4 Å². The molecule has 0 aliphatic heterocycles. The standard InChI is InChI=1S/C12H13N3O3S/c1-19(17,18)10-4-2-3-9(7-10)12(16)15-8-11-13-5-6-14-11/h2-7H,8H2,1H3,(H,13,14)(H,15,16). The molecule has 0 aliphatic carbocycles. The zero-order valence-electron chi connectivity index (χ0n) is 10.3. The Hall–Kier alpha value is -2.15. The van der Waals surface area contributed by atoms with Crippen LogP contribution in [0, 0.1) is 0 Å². The van der Waals surface area contributed by atoms with Crippen molar-refractivity contribution < 1.29 is 13.2 Å². The van der Waals surface area contributed by atoms with Crippen LogP contribution in [0.25, 0.3) is 0 Å². The van der Waals surface area contributed by atoms with Gasteiger partial charge in [-0.15, -0.1) is 0 Å². The van der Waals surface area contributed by atoms with Crippen LogP contribution in [-0.2, 0) is 16.4 Å². The number of H-pyrrole nitrogens is 1. The molecule has 0 spiro atoms. The predicted molar refractivity (Wildman–Crippen MR) is 69.3 cm³/mol. The Kier molecular flexibility index (Phi) is 3.66. The van der Waals surface area contributed by atoms with Crippen LogP contribution in [0.3, 0.4) is 0 Å². The van der Waals surface area contributed by atoms with Gasteiger partial charge in [0.05, 0.1) is 11.4 Å². The highest BCUT2D eigenvalue weighted by molar-refractivity contribution is 7.90. The van der Waals surface area contributed by atoms with Gasteiger partial charge >= 0.3 is 0 Å². The molecule has 1 amide bonds. The zero-order chi connectivity index (χ0) is 13.9. The third kappa shape index (κ3) is 3.41. The average molecular weight is 279 g/mol. The van der Waals surface area contributed by atoms with Crippen LogP contribution in [0.1, 0.15) is 16.2 Å². The lowest BCUT2D eigenvalue weighted by molar-refractivity contribution is 0.0949. The van der Waals surface area contributed by atoms with Crippen LogP contribution in [0.4, 0.5) is 0 Å². The van der Waals surface area contributed by atoms with Gasteiger partial charge in [0.2, 0.25) is 0 Å². The van der Waals surface area contributed by atoms with Crippen molar-refractivity contribution in [2.45, 2.75) is 11.4 Å². The van der Waals surface area contributed by atoms with E-state index in [1.807, 2.05) is 0 Å². The molecule has 1 aromatic carbocycles. The SMILES string of the molecule is CS(=O)(=O)c1cccc(C(=O)NCc2ncc[nH]2)c1. The second kappa shape index (κ2) is 5.23. The zero-order valence-corrected chi connectivity index (χ0v) is 11.1. The fourth-order valence-corrected chi connectivity index (χ4v) is 2.20. The van der Waals surface area contributed by atoms with Crippen molar-refractivity contribution in [3.63, 3.8) is 0 Å². The number of aromatic nitrogens is 2. The number of sulfone groups is 1. The third-order valence-electron chi connectivity index (χ3n) is 2.50. The topological polar surface area (TPSA) is 91.9 Å².